The molecule has 0 heterocycles. The Morgan fingerprint density at radius 3 is 2.50 bits per heavy atom. The minimum atomic E-state index is -0.571. The van der Waals surface area contributed by atoms with Crippen molar-refractivity contribution >= 4 is 23.2 Å². The number of nitrogens with two attached hydrogens (primary N) is 3. The van der Waals surface area contributed by atoms with Gasteiger partial charge in [-0.05, 0) is 25.1 Å². The van der Waals surface area contributed by atoms with E-state index >= 15 is 0 Å². The minimum Gasteiger partial charge on any atom is -0.376 e. The highest BCUT2D eigenvalue weighted by Gasteiger charge is 2.07. The van der Waals surface area contributed by atoms with E-state index < -0.39 is 11.9 Å². The molecule has 7 N–H and O–H groups in total. The minimum absolute atomic E-state index is 0.252. The van der Waals surface area contributed by atoms with E-state index in [4.69, 9.17) is 17.2 Å². The summed E-state index contributed by atoms with van der Waals surface area (Å²) in [5.74, 6) is -0.481. The Hall–Kier alpha value is -0.880. The van der Waals surface area contributed by atoms with Gasteiger partial charge in [-0.3, -0.25) is 4.79 Å². The summed E-state index contributed by atoms with van der Waals surface area (Å²) in [5, 5.41) is 2.99. The van der Waals surface area contributed by atoms with Crippen molar-refractivity contribution in [3.8, 4) is 0 Å². The Labute approximate surface area is 76.7 Å². The molecule has 0 unspecified atom stereocenters. The molecule has 0 rings (SSSR count). The number of amides is 1. The Balaban J connectivity index is 3.31. The molecule has 1 atom stereocenters. The van der Waals surface area contributed by atoms with E-state index in [2.05, 4.69) is 17.5 Å². The van der Waals surface area contributed by atoms with Gasteiger partial charge in [0.1, 0.15) is 0 Å². The van der Waals surface area contributed by atoms with Crippen molar-refractivity contribution in [3.05, 3.63) is 0 Å². The van der Waals surface area contributed by atoms with Crippen molar-refractivity contribution in [3.63, 3.8) is 0 Å². The van der Waals surface area contributed by atoms with Crippen LogP contribution >= 0.6 is 12.2 Å². The Morgan fingerprint density at radius 1 is 1.50 bits per heavy atom. The van der Waals surface area contributed by atoms with Crippen LogP contribution < -0.4 is 22.5 Å². The second-order valence-electron chi connectivity index (χ2n) is 2.44. The van der Waals surface area contributed by atoms with Crippen LogP contribution in [0, 0.1) is 0 Å². The molecule has 0 aliphatic rings. The van der Waals surface area contributed by atoms with Crippen LogP contribution in [0.4, 0.5) is 0 Å². The molecule has 0 aromatic heterocycles. The van der Waals surface area contributed by atoms with Gasteiger partial charge in [0, 0.05) is 6.54 Å². The highest BCUT2D eigenvalue weighted by atomic mass is 32.1. The number of thiocarbonyl (C=S) groups is 1. The topological polar surface area (TPSA) is 107 Å². The first-order valence-electron chi connectivity index (χ1n) is 3.62. The zero-order valence-corrected chi connectivity index (χ0v) is 7.56. The van der Waals surface area contributed by atoms with Gasteiger partial charge in [0.15, 0.2) is 5.11 Å². The highest BCUT2D eigenvalue weighted by Crippen LogP contribution is 1.91. The number of hydrogen-bond donors (Lipinski definition) is 4. The van der Waals surface area contributed by atoms with E-state index in [1.807, 2.05) is 0 Å². The standard InChI is InChI=1S/C6H14N4OS/c7-4(5(8)11)2-1-3-10-6(9)12/h4H,1-3,7H2,(H2,8,11)(H3,9,10,12)/t4-/m0/s1. The largest absolute Gasteiger partial charge is 0.376 e. The lowest BCUT2D eigenvalue weighted by Crippen LogP contribution is -2.37. The maximum Gasteiger partial charge on any atom is 0.234 e. The summed E-state index contributed by atoms with van der Waals surface area (Å²) in [5.41, 5.74) is 15.5. The number of carbonyl (C=O) groups excluding carboxylic acids is 1. The quantitative estimate of drug-likeness (QED) is 0.309. The lowest BCUT2D eigenvalue weighted by Gasteiger charge is -2.07. The zero-order chi connectivity index (χ0) is 9.56. The molecule has 5 nitrogen and oxygen atoms in total. The van der Waals surface area contributed by atoms with Crippen LogP contribution in [-0.4, -0.2) is 23.6 Å². The number of carbonyl (C=O) groups is 1. The van der Waals surface area contributed by atoms with Crippen molar-refractivity contribution in [1.29, 1.82) is 0 Å². The first-order valence-corrected chi connectivity index (χ1v) is 4.03. The number of rotatable bonds is 5. The van der Waals surface area contributed by atoms with E-state index in [1.54, 1.807) is 0 Å². The predicted octanol–water partition coefficient (Wildman–Crippen LogP) is -1.59. The van der Waals surface area contributed by atoms with Crippen LogP contribution in [0.25, 0.3) is 0 Å². The van der Waals surface area contributed by atoms with Gasteiger partial charge < -0.3 is 22.5 Å². The van der Waals surface area contributed by atoms with Crippen molar-refractivity contribution in [2.45, 2.75) is 18.9 Å². The van der Waals surface area contributed by atoms with Crippen molar-refractivity contribution in [1.82, 2.24) is 5.32 Å². The van der Waals surface area contributed by atoms with Gasteiger partial charge in [-0.1, -0.05) is 0 Å². The summed E-state index contributed by atoms with van der Waals surface area (Å²) in [6, 6.07) is -0.571. The lowest BCUT2D eigenvalue weighted by molar-refractivity contribution is -0.119. The van der Waals surface area contributed by atoms with Crippen LogP contribution in [0.2, 0.25) is 0 Å². The molecule has 0 spiro atoms. The molecule has 12 heavy (non-hydrogen) atoms. The van der Waals surface area contributed by atoms with Gasteiger partial charge >= 0.3 is 0 Å². The van der Waals surface area contributed by atoms with Gasteiger partial charge in [-0.25, -0.2) is 0 Å². The zero-order valence-electron chi connectivity index (χ0n) is 6.75. The fourth-order valence-electron chi connectivity index (χ4n) is 0.676. The number of nitrogens with one attached hydrogen (secondary N) is 1. The molecule has 0 radical (unpaired) electrons. The molecule has 6 heteroatoms. The van der Waals surface area contributed by atoms with Crippen molar-refractivity contribution in [2.75, 3.05) is 6.54 Å². The molecular formula is C6H14N4OS. The normalized spacial score (nSPS) is 12.1. The SMILES string of the molecule is NC(=O)[C@@H](N)CCCNC(N)=S. The average Bonchev–Trinajstić information content (AvgIpc) is 1.97. The molecule has 70 valence electrons. The maximum atomic E-state index is 10.5. The van der Waals surface area contributed by atoms with E-state index in [0.717, 1.165) is 6.42 Å². The summed E-state index contributed by atoms with van der Waals surface area (Å²) < 4.78 is 0. The Kier molecular flexibility index (Phi) is 5.31. The van der Waals surface area contributed by atoms with E-state index in [-0.39, 0.29) is 5.11 Å². The monoisotopic (exact) mass is 190 g/mol. The van der Waals surface area contributed by atoms with Crippen LogP contribution in [-0.2, 0) is 4.79 Å². The van der Waals surface area contributed by atoms with E-state index in [0.29, 0.717) is 13.0 Å². The molecule has 0 aromatic carbocycles. The van der Waals surface area contributed by atoms with Gasteiger partial charge in [-0.2, -0.15) is 0 Å². The van der Waals surface area contributed by atoms with Crippen LogP contribution in [0.15, 0.2) is 0 Å². The fourth-order valence-corrected chi connectivity index (χ4v) is 0.778. The Bertz CT molecular complexity index is 173. The fraction of sp³-hybridized carbons (Fsp3) is 0.667. The van der Waals surface area contributed by atoms with Gasteiger partial charge in [0.05, 0.1) is 6.04 Å². The molecule has 1 amide bonds. The third-order valence-corrected chi connectivity index (χ3v) is 1.50. The second kappa shape index (κ2) is 5.73. The molecule has 0 aromatic rings. The molecule has 0 bridgehead atoms. The molecule has 0 saturated carbocycles. The average molecular weight is 190 g/mol. The number of primary amides is 1. The van der Waals surface area contributed by atoms with Crippen molar-refractivity contribution < 1.29 is 4.79 Å². The third kappa shape index (κ3) is 5.87. The molecular weight excluding hydrogens is 176 g/mol. The lowest BCUT2D eigenvalue weighted by atomic mass is 10.1. The summed E-state index contributed by atoms with van der Waals surface area (Å²) >= 11 is 4.57. The van der Waals surface area contributed by atoms with Gasteiger partial charge in [0.25, 0.3) is 0 Å². The summed E-state index contributed by atoms with van der Waals surface area (Å²) in [6.07, 6.45) is 1.27. The summed E-state index contributed by atoms with van der Waals surface area (Å²) in [6.45, 7) is 0.621. The van der Waals surface area contributed by atoms with E-state index in [9.17, 15) is 4.79 Å². The second-order valence-corrected chi connectivity index (χ2v) is 2.88. The summed E-state index contributed by atoms with van der Waals surface area (Å²) in [4.78, 5) is 10.5. The molecule has 0 fully saturated rings. The van der Waals surface area contributed by atoms with Crippen molar-refractivity contribution in [2.24, 2.45) is 17.2 Å². The predicted molar refractivity (Wildman–Crippen MR) is 51.2 cm³/mol. The Morgan fingerprint density at radius 2 is 2.08 bits per heavy atom. The van der Waals surface area contributed by atoms with Crippen LogP contribution in [0.5, 0.6) is 0 Å². The maximum absolute atomic E-state index is 10.5. The molecule has 0 saturated heterocycles. The summed E-state index contributed by atoms with van der Waals surface area (Å²) in [7, 11) is 0. The van der Waals surface area contributed by atoms with Gasteiger partial charge in [0.2, 0.25) is 5.91 Å². The first-order chi connectivity index (χ1) is 5.54. The van der Waals surface area contributed by atoms with Crippen LogP contribution in [0.3, 0.4) is 0 Å². The van der Waals surface area contributed by atoms with E-state index in [1.165, 1.54) is 0 Å². The highest BCUT2D eigenvalue weighted by molar-refractivity contribution is 7.80. The first kappa shape index (κ1) is 11.1. The molecule has 0 aliphatic heterocycles. The smallest absolute Gasteiger partial charge is 0.234 e. The number of hydrogen-bond acceptors (Lipinski definition) is 3. The van der Waals surface area contributed by atoms with Crippen LogP contribution in [0.1, 0.15) is 12.8 Å². The molecule has 0 aliphatic carbocycles. The third-order valence-electron chi connectivity index (χ3n) is 1.36. The van der Waals surface area contributed by atoms with Gasteiger partial charge in [-0.15, -0.1) is 0 Å².